The largest absolute Gasteiger partial charge is 0.400 e. The second-order valence-corrected chi connectivity index (χ2v) is 6.12. The lowest BCUT2D eigenvalue weighted by Crippen LogP contribution is -2.39. The van der Waals surface area contributed by atoms with Crippen LogP contribution in [0.5, 0.6) is 0 Å². The molecule has 0 unspecified atom stereocenters. The number of hydrogen-bond donors (Lipinski definition) is 1. The Bertz CT molecular complexity index is 795. The molecule has 142 valence electrons. The van der Waals surface area contributed by atoms with Crippen molar-refractivity contribution < 1.29 is 31.1 Å². The van der Waals surface area contributed by atoms with Gasteiger partial charge in [-0.25, -0.2) is 9.97 Å². The van der Waals surface area contributed by atoms with Crippen LogP contribution in [0.2, 0.25) is 0 Å². The number of pyridine rings is 1. The summed E-state index contributed by atoms with van der Waals surface area (Å²) in [4.78, 5) is 20.1. The minimum absolute atomic E-state index is 0.0498. The fraction of sp³-hybridized carbons (Fsp3) is 0.533. The summed E-state index contributed by atoms with van der Waals surface area (Å²) < 4.78 is 77.3. The van der Waals surface area contributed by atoms with Crippen molar-refractivity contribution in [3.8, 4) is 0 Å². The number of alkyl halides is 6. The molecule has 0 spiro atoms. The minimum Gasteiger partial charge on any atom is -0.296 e. The number of nitrogens with zero attached hydrogens (tertiary/aromatic N) is 3. The van der Waals surface area contributed by atoms with E-state index in [1.165, 1.54) is 6.20 Å². The highest BCUT2D eigenvalue weighted by Crippen LogP contribution is 2.42. The molecule has 2 heterocycles. The van der Waals surface area contributed by atoms with Crippen LogP contribution in [0.3, 0.4) is 0 Å². The lowest BCUT2D eigenvalue weighted by molar-refractivity contribution is -0.283. The van der Waals surface area contributed by atoms with Gasteiger partial charge in [0, 0.05) is 18.7 Å². The maximum absolute atomic E-state index is 12.6. The van der Waals surface area contributed by atoms with Gasteiger partial charge in [0.15, 0.2) is 11.6 Å². The van der Waals surface area contributed by atoms with Crippen molar-refractivity contribution >= 4 is 23.0 Å². The van der Waals surface area contributed by atoms with Crippen LogP contribution in [0.4, 0.5) is 32.3 Å². The summed E-state index contributed by atoms with van der Waals surface area (Å²) in [6.45, 7) is 0. The minimum atomic E-state index is -5.56. The zero-order valence-electron chi connectivity index (χ0n) is 13.2. The molecule has 11 heteroatoms. The number of imidazole rings is 1. The molecule has 1 N–H and O–H groups in total. The zero-order valence-corrected chi connectivity index (χ0v) is 13.2. The molecule has 0 atom stereocenters. The van der Waals surface area contributed by atoms with Gasteiger partial charge in [0.05, 0.1) is 0 Å². The van der Waals surface area contributed by atoms with E-state index in [2.05, 4.69) is 15.3 Å². The first kappa shape index (κ1) is 18.5. The molecular weight excluding hydrogens is 366 g/mol. The summed E-state index contributed by atoms with van der Waals surface area (Å²) in [6.07, 6.45) is -8.94. The second kappa shape index (κ2) is 6.44. The molecule has 3 rings (SSSR count). The van der Waals surface area contributed by atoms with Gasteiger partial charge in [0.25, 0.3) is 0 Å². The Morgan fingerprint density at radius 1 is 1.23 bits per heavy atom. The lowest BCUT2D eigenvalue weighted by Gasteiger charge is -2.28. The highest BCUT2D eigenvalue weighted by molar-refractivity contribution is 5.91. The first-order valence-corrected chi connectivity index (χ1v) is 7.83. The van der Waals surface area contributed by atoms with Crippen molar-refractivity contribution in [2.24, 2.45) is 5.92 Å². The normalized spacial score (nSPS) is 16.1. The molecule has 5 nitrogen and oxygen atoms in total. The van der Waals surface area contributed by atoms with Crippen LogP contribution in [-0.4, -0.2) is 32.8 Å². The lowest BCUT2D eigenvalue weighted by atomic mass is 9.93. The van der Waals surface area contributed by atoms with E-state index in [1.54, 1.807) is 16.7 Å². The van der Waals surface area contributed by atoms with Crippen molar-refractivity contribution in [3.63, 3.8) is 0 Å². The van der Waals surface area contributed by atoms with Crippen LogP contribution < -0.4 is 5.32 Å². The Hall–Kier alpha value is -2.33. The number of anilines is 1. The summed E-state index contributed by atoms with van der Waals surface area (Å²) in [5.74, 6) is -5.22. The number of fused-ring (bicyclic) bond motifs is 1. The number of nitrogens with one attached hydrogen (secondary N) is 1. The van der Waals surface area contributed by atoms with Gasteiger partial charge >= 0.3 is 12.4 Å². The third kappa shape index (κ3) is 3.61. The van der Waals surface area contributed by atoms with Gasteiger partial charge in [-0.1, -0.05) is 0 Å². The quantitative estimate of drug-likeness (QED) is 0.808. The summed E-state index contributed by atoms with van der Waals surface area (Å²) >= 11 is 0. The third-order valence-electron chi connectivity index (χ3n) is 4.32. The molecule has 0 radical (unpaired) electrons. The summed E-state index contributed by atoms with van der Waals surface area (Å²) in [5.41, 5.74) is 0.827. The van der Waals surface area contributed by atoms with E-state index in [1.807, 2.05) is 0 Å². The van der Waals surface area contributed by atoms with E-state index in [9.17, 15) is 31.1 Å². The molecule has 26 heavy (non-hydrogen) atoms. The standard InChI is InChI=1S/C15H14F6N4O/c16-14(17,18)10(15(19,20)21)7-11(26)24-13-23-9-5-2-6-22-12(9)25(13)8-3-1-4-8/h2,5-6,8,10H,1,3-4,7H2,(H,23,24,26). The van der Waals surface area contributed by atoms with Crippen LogP contribution in [0.15, 0.2) is 18.3 Å². The molecule has 2 aromatic rings. The molecule has 0 saturated heterocycles. The van der Waals surface area contributed by atoms with Crippen molar-refractivity contribution in [2.75, 3.05) is 5.32 Å². The van der Waals surface area contributed by atoms with Crippen LogP contribution >= 0.6 is 0 Å². The van der Waals surface area contributed by atoms with E-state index >= 15 is 0 Å². The number of hydrogen-bond acceptors (Lipinski definition) is 3. The van der Waals surface area contributed by atoms with Gasteiger partial charge in [-0.3, -0.25) is 14.7 Å². The Morgan fingerprint density at radius 2 is 1.88 bits per heavy atom. The topological polar surface area (TPSA) is 59.8 Å². The summed E-state index contributed by atoms with van der Waals surface area (Å²) in [5, 5.41) is 2.10. The first-order chi connectivity index (χ1) is 12.1. The highest BCUT2D eigenvalue weighted by Gasteiger charge is 2.57. The number of carbonyl (C=O) groups is 1. The number of amides is 1. The van der Waals surface area contributed by atoms with Gasteiger partial charge in [0.2, 0.25) is 11.9 Å². The molecule has 1 saturated carbocycles. The fourth-order valence-corrected chi connectivity index (χ4v) is 2.79. The van der Waals surface area contributed by atoms with Crippen LogP contribution in [0.25, 0.3) is 11.2 Å². The smallest absolute Gasteiger partial charge is 0.296 e. The number of halogens is 6. The van der Waals surface area contributed by atoms with Crippen molar-refractivity contribution in [1.29, 1.82) is 0 Å². The van der Waals surface area contributed by atoms with E-state index in [4.69, 9.17) is 0 Å². The molecule has 2 aromatic heterocycles. The molecular formula is C15H14F6N4O. The van der Waals surface area contributed by atoms with Gasteiger partial charge in [0.1, 0.15) is 5.52 Å². The zero-order chi connectivity index (χ0) is 19.1. The Morgan fingerprint density at radius 3 is 2.42 bits per heavy atom. The number of aromatic nitrogens is 3. The van der Waals surface area contributed by atoms with Crippen molar-refractivity contribution in [3.05, 3.63) is 18.3 Å². The SMILES string of the molecule is O=C(CC(C(F)(F)F)C(F)(F)F)Nc1nc2cccnc2n1C1CCC1. The first-order valence-electron chi connectivity index (χ1n) is 7.83. The van der Waals surface area contributed by atoms with Crippen molar-refractivity contribution in [1.82, 2.24) is 14.5 Å². The number of carbonyl (C=O) groups excluding carboxylic acids is 1. The van der Waals surface area contributed by atoms with Gasteiger partial charge < -0.3 is 0 Å². The molecule has 1 fully saturated rings. The Kier molecular flexibility index (Phi) is 4.57. The predicted molar refractivity (Wildman–Crippen MR) is 79.3 cm³/mol. The van der Waals surface area contributed by atoms with Crippen LogP contribution in [-0.2, 0) is 4.79 Å². The van der Waals surface area contributed by atoms with Crippen molar-refractivity contribution in [2.45, 2.75) is 44.1 Å². The monoisotopic (exact) mass is 380 g/mol. The molecule has 0 aromatic carbocycles. The van der Waals surface area contributed by atoms with E-state index < -0.39 is 30.6 Å². The highest BCUT2D eigenvalue weighted by atomic mass is 19.4. The van der Waals surface area contributed by atoms with E-state index in [0.29, 0.717) is 11.2 Å². The van der Waals surface area contributed by atoms with Gasteiger partial charge in [-0.15, -0.1) is 0 Å². The van der Waals surface area contributed by atoms with Gasteiger partial charge in [-0.05, 0) is 31.4 Å². The molecule has 1 aliphatic rings. The average molecular weight is 380 g/mol. The second-order valence-electron chi connectivity index (χ2n) is 6.12. The number of rotatable bonds is 4. The predicted octanol–water partition coefficient (Wildman–Crippen LogP) is 4.23. The molecule has 0 bridgehead atoms. The maximum atomic E-state index is 12.6. The average Bonchev–Trinajstić information content (AvgIpc) is 2.79. The Labute approximate surface area is 143 Å². The van der Waals surface area contributed by atoms with E-state index in [-0.39, 0.29) is 12.0 Å². The summed E-state index contributed by atoms with van der Waals surface area (Å²) in [7, 11) is 0. The maximum Gasteiger partial charge on any atom is 0.400 e. The molecule has 0 aliphatic heterocycles. The van der Waals surface area contributed by atoms with Crippen LogP contribution in [0, 0.1) is 5.92 Å². The molecule has 1 amide bonds. The van der Waals surface area contributed by atoms with Gasteiger partial charge in [-0.2, -0.15) is 26.3 Å². The molecule has 1 aliphatic carbocycles. The summed E-state index contributed by atoms with van der Waals surface area (Å²) in [6, 6.07) is 3.14. The van der Waals surface area contributed by atoms with Crippen LogP contribution in [0.1, 0.15) is 31.7 Å². The third-order valence-corrected chi connectivity index (χ3v) is 4.32. The van der Waals surface area contributed by atoms with E-state index in [0.717, 1.165) is 19.3 Å². The Balaban J connectivity index is 1.85. The fourth-order valence-electron chi connectivity index (χ4n) is 2.79.